The molecule has 6 heteroatoms. The molecule has 2 aromatic carbocycles. The number of rotatable bonds is 9. The summed E-state index contributed by atoms with van der Waals surface area (Å²) in [7, 11) is 0. The van der Waals surface area contributed by atoms with Crippen LogP contribution in [0.2, 0.25) is 0 Å². The van der Waals surface area contributed by atoms with E-state index in [1.807, 2.05) is 48.5 Å². The molecule has 0 unspecified atom stereocenters. The van der Waals surface area contributed by atoms with E-state index in [-0.39, 0.29) is 22.1 Å². The third-order valence-electron chi connectivity index (χ3n) is 3.23. The van der Waals surface area contributed by atoms with Crippen molar-refractivity contribution in [2.24, 2.45) is 0 Å². The van der Waals surface area contributed by atoms with Crippen LogP contribution in [0.25, 0.3) is 11.1 Å². The van der Waals surface area contributed by atoms with Crippen LogP contribution >= 0.6 is 23.5 Å². The quantitative estimate of drug-likeness (QED) is 0.450. The Morgan fingerprint density at radius 1 is 0.731 bits per heavy atom. The maximum Gasteiger partial charge on any atom is 0.214 e. The Hall–Kier alpha value is -2.44. The summed E-state index contributed by atoms with van der Waals surface area (Å²) in [6.45, 7) is 6.82. The molecule has 2 rings (SSSR count). The zero-order valence-electron chi connectivity index (χ0n) is 14.1. The Morgan fingerprint density at radius 2 is 1.08 bits per heavy atom. The summed E-state index contributed by atoms with van der Waals surface area (Å²) in [5.41, 5.74) is 2.07. The predicted octanol–water partition coefficient (Wildman–Crippen LogP) is 4.92. The van der Waals surface area contributed by atoms with E-state index < -0.39 is 0 Å². The average molecular weight is 386 g/mol. The predicted molar refractivity (Wildman–Crippen MR) is 108 cm³/mol. The Morgan fingerprint density at radius 3 is 1.38 bits per heavy atom. The zero-order valence-corrected chi connectivity index (χ0v) is 15.7. The van der Waals surface area contributed by atoms with Gasteiger partial charge < -0.3 is 9.47 Å². The summed E-state index contributed by atoms with van der Waals surface area (Å²) in [4.78, 5) is 22.2. The third kappa shape index (κ3) is 6.46. The highest BCUT2D eigenvalue weighted by atomic mass is 32.2. The second kappa shape index (κ2) is 10.5. The molecule has 2 aromatic rings. The highest BCUT2D eigenvalue weighted by Gasteiger charge is 2.02. The van der Waals surface area contributed by atoms with Crippen molar-refractivity contribution in [1.29, 1.82) is 0 Å². The minimum absolute atomic E-state index is 0.115. The molecule has 0 atom stereocenters. The van der Waals surface area contributed by atoms with E-state index >= 15 is 0 Å². The average Bonchev–Trinajstić information content (AvgIpc) is 2.68. The van der Waals surface area contributed by atoms with Gasteiger partial charge in [-0.25, -0.2) is 0 Å². The fourth-order valence-electron chi connectivity index (χ4n) is 1.92. The lowest BCUT2D eigenvalue weighted by Crippen LogP contribution is -1.96. The molecule has 0 saturated carbocycles. The Labute approximate surface area is 161 Å². The number of carbonyl (C=O) groups excluding carboxylic acids is 2. The first-order valence-corrected chi connectivity index (χ1v) is 9.64. The van der Waals surface area contributed by atoms with Crippen LogP contribution in [0.4, 0.5) is 0 Å². The van der Waals surface area contributed by atoms with Gasteiger partial charge in [0.1, 0.15) is 23.4 Å². The monoisotopic (exact) mass is 386 g/mol. The fourth-order valence-corrected chi connectivity index (χ4v) is 2.77. The molecule has 26 heavy (non-hydrogen) atoms. The lowest BCUT2D eigenvalue weighted by Gasteiger charge is -2.08. The molecule has 0 spiro atoms. The highest BCUT2D eigenvalue weighted by Crippen LogP contribution is 2.25. The number of benzene rings is 2. The van der Waals surface area contributed by atoms with E-state index in [9.17, 15) is 9.59 Å². The van der Waals surface area contributed by atoms with Gasteiger partial charge in [0.05, 0.1) is 0 Å². The van der Waals surface area contributed by atoms with Crippen molar-refractivity contribution in [2.45, 2.75) is 0 Å². The first-order chi connectivity index (χ1) is 12.6. The van der Waals surface area contributed by atoms with Crippen molar-refractivity contribution in [3.05, 3.63) is 73.8 Å². The van der Waals surface area contributed by atoms with E-state index in [0.717, 1.165) is 34.7 Å². The van der Waals surface area contributed by atoms with Crippen LogP contribution in [0.1, 0.15) is 0 Å². The molecule has 0 aliphatic heterocycles. The highest BCUT2D eigenvalue weighted by molar-refractivity contribution is 8.14. The number of hydrogen-bond donors (Lipinski definition) is 0. The first-order valence-electron chi connectivity index (χ1n) is 7.67. The van der Waals surface area contributed by atoms with Crippen LogP contribution < -0.4 is 9.47 Å². The van der Waals surface area contributed by atoms with Crippen molar-refractivity contribution in [3.63, 3.8) is 0 Å². The molecule has 0 N–H and O–H groups in total. The van der Waals surface area contributed by atoms with Crippen molar-refractivity contribution in [2.75, 3.05) is 11.9 Å². The summed E-state index contributed by atoms with van der Waals surface area (Å²) >= 11 is 2.12. The molecule has 0 heterocycles. The third-order valence-corrected chi connectivity index (χ3v) is 4.60. The van der Waals surface area contributed by atoms with Gasteiger partial charge in [0.2, 0.25) is 10.2 Å². The topological polar surface area (TPSA) is 52.6 Å². The number of ether oxygens (including phenoxy) is 2. The van der Waals surface area contributed by atoms with Gasteiger partial charge in [0.15, 0.2) is 0 Å². The van der Waals surface area contributed by atoms with Crippen LogP contribution in [0.5, 0.6) is 11.5 Å². The maximum absolute atomic E-state index is 11.1. The standard InChI is InChI=1S/C20H18O4S2/c1-3-19(21)25-13-23-17-9-5-15(6-10-17)16-7-11-18(12-8-16)24-14-26-20(22)4-2/h3-12H,1-2,13-14H2. The number of carbonyl (C=O) groups is 2. The van der Waals surface area contributed by atoms with Crippen molar-refractivity contribution in [1.82, 2.24) is 0 Å². The normalized spacial score (nSPS) is 10.0. The molecule has 0 fully saturated rings. The van der Waals surface area contributed by atoms with E-state index in [0.29, 0.717) is 11.5 Å². The summed E-state index contributed by atoms with van der Waals surface area (Å²) in [6, 6.07) is 15.2. The van der Waals surface area contributed by atoms with Crippen LogP contribution in [0.15, 0.2) is 73.8 Å². The minimum Gasteiger partial charge on any atom is -0.483 e. The van der Waals surface area contributed by atoms with E-state index in [1.54, 1.807) is 0 Å². The van der Waals surface area contributed by atoms with Gasteiger partial charge in [-0.1, -0.05) is 37.4 Å². The van der Waals surface area contributed by atoms with E-state index in [4.69, 9.17) is 9.47 Å². The Kier molecular flexibility index (Phi) is 8.05. The second-order valence-electron chi connectivity index (χ2n) is 4.91. The molecule has 0 aliphatic rings. The Balaban J connectivity index is 1.88. The molecule has 4 nitrogen and oxygen atoms in total. The zero-order chi connectivity index (χ0) is 18.8. The molecule has 0 amide bonds. The molecule has 0 radical (unpaired) electrons. The summed E-state index contributed by atoms with van der Waals surface area (Å²) in [6.07, 6.45) is 2.53. The van der Waals surface area contributed by atoms with Gasteiger partial charge in [-0.05, 0) is 71.1 Å². The van der Waals surface area contributed by atoms with Crippen LogP contribution in [0, 0.1) is 0 Å². The van der Waals surface area contributed by atoms with Gasteiger partial charge in [0.25, 0.3) is 0 Å². The maximum atomic E-state index is 11.1. The van der Waals surface area contributed by atoms with E-state index in [2.05, 4.69) is 13.2 Å². The van der Waals surface area contributed by atoms with Gasteiger partial charge in [-0.15, -0.1) is 0 Å². The summed E-state index contributed by atoms with van der Waals surface area (Å²) < 4.78 is 11.0. The molecule has 0 bridgehead atoms. The number of thioether (sulfide) groups is 2. The van der Waals surface area contributed by atoms with Gasteiger partial charge in [0, 0.05) is 0 Å². The summed E-state index contributed by atoms with van der Waals surface area (Å²) in [5, 5.41) is -0.229. The smallest absolute Gasteiger partial charge is 0.214 e. The second-order valence-corrected chi connectivity index (χ2v) is 6.76. The molecule has 134 valence electrons. The van der Waals surface area contributed by atoms with Crippen LogP contribution in [0.3, 0.4) is 0 Å². The molecular formula is C20H18O4S2. The molecule has 0 aromatic heterocycles. The molecule has 0 saturated heterocycles. The lowest BCUT2D eigenvalue weighted by molar-refractivity contribution is -0.107. The SMILES string of the molecule is C=CC(=O)SCOc1ccc(-c2ccc(OCSC(=O)C=C)cc2)cc1. The van der Waals surface area contributed by atoms with Crippen molar-refractivity contribution < 1.29 is 19.1 Å². The van der Waals surface area contributed by atoms with Crippen molar-refractivity contribution >= 4 is 33.8 Å². The minimum atomic E-state index is -0.115. The Bertz CT molecular complexity index is 700. The van der Waals surface area contributed by atoms with Crippen LogP contribution in [-0.2, 0) is 9.59 Å². The fraction of sp³-hybridized carbons (Fsp3) is 0.100. The van der Waals surface area contributed by atoms with Gasteiger partial charge in [-0.2, -0.15) is 0 Å². The van der Waals surface area contributed by atoms with Crippen LogP contribution in [-0.4, -0.2) is 22.1 Å². The largest absolute Gasteiger partial charge is 0.483 e. The molecular weight excluding hydrogens is 368 g/mol. The van der Waals surface area contributed by atoms with Gasteiger partial charge >= 0.3 is 0 Å². The van der Waals surface area contributed by atoms with Crippen molar-refractivity contribution in [3.8, 4) is 22.6 Å². The number of hydrogen-bond acceptors (Lipinski definition) is 6. The lowest BCUT2D eigenvalue weighted by atomic mass is 10.1. The van der Waals surface area contributed by atoms with E-state index in [1.165, 1.54) is 12.2 Å². The van der Waals surface area contributed by atoms with Gasteiger partial charge in [-0.3, -0.25) is 9.59 Å². The summed E-state index contributed by atoms with van der Waals surface area (Å²) in [5.74, 6) is 1.90. The first kappa shape index (κ1) is 19.9. The molecule has 0 aliphatic carbocycles.